The number of aliphatic hydroxyl groups excluding tert-OH is 5. The van der Waals surface area contributed by atoms with Crippen molar-refractivity contribution in [3.8, 4) is 0 Å². The monoisotopic (exact) mass is 210 g/mol. The lowest BCUT2D eigenvalue weighted by Crippen LogP contribution is -2.71. The zero-order chi connectivity index (χ0) is 11.1. The molecule has 1 saturated carbocycles. The van der Waals surface area contributed by atoms with Crippen molar-refractivity contribution in [1.29, 1.82) is 0 Å². The number of hydrogen-bond donors (Lipinski definition) is 6. The van der Waals surface area contributed by atoms with Crippen LogP contribution in [-0.4, -0.2) is 74.1 Å². The summed E-state index contributed by atoms with van der Waals surface area (Å²) in [7, 11) is 0.990. The van der Waals surface area contributed by atoms with Crippen LogP contribution in [-0.2, 0) is 4.74 Å². The van der Waals surface area contributed by atoms with E-state index >= 15 is 0 Å². The molecule has 0 aromatic heterocycles. The summed E-state index contributed by atoms with van der Waals surface area (Å²) in [5.74, 6) is -2.49. The van der Waals surface area contributed by atoms with Crippen molar-refractivity contribution in [2.24, 2.45) is 0 Å². The topological polar surface area (TPSA) is 131 Å². The van der Waals surface area contributed by atoms with Gasteiger partial charge in [0.2, 0.25) is 5.79 Å². The first-order valence-corrected chi connectivity index (χ1v) is 4.04. The molecule has 0 bridgehead atoms. The Bertz CT molecular complexity index is 192. The van der Waals surface area contributed by atoms with Gasteiger partial charge < -0.3 is 35.4 Å². The van der Waals surface area contributed by atoms with Crippen LogP contribution in [0.1, 0.15) is 0 Å². The van der Waals surface area contributed by atoms with Gasteiger partial charge in [-0.25, -0.2) is 0 Å². The van der Waals surface area contributed by atoms with E-state index < -0.39 is 36.3 Å². The summed E-state index contributed by atoms with van der Waals surface area (Å²) < 4.78 is 4.42. The van der Waals surface area contributed by atoms with Crippen LogP contribution in [0.3, 0.4) is 0 Å². The Balaban J connectivity index is 2.98. The third-order valence-corrected chi connectivity index (χ3v) is 2.52. The van der Waals surface area contributed by atoms with Crippen molar-refractivity contribution in [2.45, 2.75) is 36.3 Å². The normalized spacial score (nSPS) is 54.6. The van der Waals surface area contributed by atoms with Crippen LogP contribution in [0.2, 0.25) is 0 Å². The van der Waals surface area contributed by atoms with Crippen molar-refractivity contribution >= 4 is 0 Å². The zero-order valence-electron chi connectivity index (χ0n) is 7.48. The molecule has 1 rings (SSSR count). The average Bonchev–Trinajstić information content (AvgIpc) is 2.21. The Morgan fingerprint density at radius 2 is 1.21 bits per heavy atom. The summed E-state index contributed by atoms with van der Waals surface area (Å²) in [6.07, 6.45) is -9.13. The molecule has 0 aromatic rings. The molecular formula is C7H14O7. The van der Waals surface area contributed by atoms with Crippen LogP contribution in [0.5, 0.6) is 0 Å². The first kappa shape index (κ1) is 11.8. The minimum atomic E-state index is -2.49. The molecule has 1 fully saturated rings. The molecular weight excluding hydrogens is 196 g/mol. The van der Waals surface area contributed by atoms with E-state index in [4.69, 9.17) is 5.11 Å². The highest BCUT2D eigenvalue weighted by Crippen LogP contribution is 2.30. The zero-order valence-corrected chi connectivity index (χ0v) is 7.48. The smallest absolute Gasteiger partial charge is 0.224 e. The minimum Gasteiger partial charge on any atom is -0.387 e. The van der Waals surface area contributed by atoms with Gasteiger partial charge in [-0.3, -0.25) is 0 Å². The van der Waals surface area contributed by atoms with Crippen LogP contribution in [0.25, 0.3) is 0 Å². The van der Waals surface area contributed by atoms with Gasteiger partial charge in [0.15, 0.2) is 0 Å². The molecule has 1 aliphatic carbocycles. The molecule has 0 saturated heterocycles. The fourth-order valence-corrected chi connectivity index (χ4v) is 1.48. The number of hydrogen-bond acceptors (Lipinski definition) is 7. The lowest BCUT2D eigenvalue weighted by molar-refractivity contribution is -0.353. The molecule has 1 aliphatic rings. The van der Waals surface area contributed by atoms with Crippen LogP contribution >= 0.6 is 0 Å². The molecule has 7 heteroatoms. The third-order valence-electron chi connectivity index (χ3n) is 2.52. The molecule has 0 spiro atoms. The molecule has 14 heavy (non-hydrogen) atoms. The first-order valence-electron chi connectivity index (χ1n) is 4.04. The van der Waals surface area contributed by atoms with E-state index in [0.29, 0.717) is 0 Å². The predicted octanol–water partition coefficient (Wildman–Crippen LogP) is -3.86. The van der Waals surface area contributed by atoms with Crippen molar-refractivity contribution in [2.75, 3.05) is 7.11 Å². The summed E-state index contributed by atoms with van der Waals surface area (Å²) in [6.45, 7) is 0. The molecule has 84 valence electrons. The highest BCUT2D eigenvalue weighted by atomic mass is 16.6. The average molecular weight is 210 g/mol. The third kappa shape index (κ3) is 1.43. The summed E-state index contributed by atoms with van der Waals surface area (Å²) in [4.78, 5) is 0. The van der Waals surface area contributed by atoms with Gasteiger partial charge in [-0.2, -0.15) is 0 Å². The SMILES string of the molecule is COC1(O)[C@@H](O)[C@H](O)C(O)[C@H](O)[C@@H]1O. The molecule has 7 nitrogen and oxygen atoms in total. The van der Waals surface area contributed by atoms with Crippen molar-refractivity contribution in [1.82, 2.24) is 0 Å². The van der Waals surface area contributed by atoms with Crippen molar-refractivity contribution in [3.05, 3.63) is 0 Å². The number of ether oxygens (including phenoxy) is 1. The van der Waals surface area contributed by atoms with Gasteiger partial charge in [0, 0.05) is 7.11 Å². The lowest BCUT2D eigenvalue weighted by atomic mass is 9.82. The number of aliphatic hydroxyl groups is 6. The van der Waals surface area contributed by atoms with Gasteiger partial charge in [-0.1, -0.05) is 0 Å². The van der Waals surface area contributed by atoms with Gasteiger partial charge in [-0.15, -0.1) is 0 Å². The maximum atomic E-state index is 9.52. The van der Waals surface area contributed by atoms with E-state index in [1.165, 1.54) is 0 Å². The summed E-state index contributed by atoms with van der Waals surface area (Å²) >= 11 is 0. The maximum Gasteiger partial charge on any atom is 0.224 e. The molecule has 6 N–H and O–H groups in total. The highest BCUT2D eigenvalue weighted by molar-refractivity contribution is 5.03. The molecule has 0 aliphatic heterocycles. The molecule has 2 unspecified atom stereocenters. The molecule has 0 amide bonds. The Morgan fingerprint density at radius 3 is 1.50 bits per heavy atom. The van der Waals surface area contributed by atoms with Crippen LogP contribution in [0.15, 0.2) is 0 Å². The van der Waals surface area contributed by atoms with Crippen LogP contribution in [0, 0.1) is 0 Å². The van der Waals surface area contributed by atoms with Crippen molar-refractivity contribution < 1.29 is 35.4 Å². The minimum absolute atomic E-state index is 0.990. The standard InChI is InChI=1S/C7H14O7/c1-14-7(13)5(11)3(9)2(8)4(10)6(7)12/h2-6,8-13H,1H3/t2?,3-,4+,5-,6-,7?/m0/s1. The molecule has 0 aromatic carbocycles. The second-order valence-corrected chi connectivity index (χ2v) is 3.32. The van der Waals surface area contributed by atoms with E-state index in [9.17, 15) is 25.5 Å². The van der Waals surface area contributed by atoms with Gasteiger partial charge in [0.25, 0.3) is 0 Å². The molecule has 0 radical (unpaired) electrons. The Labute approximate surface area is 79.8 Å². The first-order chi connectivity index (χ1) is 6.36. The Morgan fingerprint density at radius 1 is 0.857 bits per heavy atom. The van der Waals surface area contributed by atoms with E-state index in [1.54, 1.807) is 0 Å². The van der Waals surface area contributed by atoms with Gasteiger partial charge in [0.05, 0.1) is 0 Å². The predicted molar refractivity (Wildman–Crippen MR) is 42.0 cm³/mol. The van der Waals surface area contributed by atoms with E-state index in [1.807, 2.05) is 0 Å². The largest absolute Gasteiger partial charge is 0.387 e. The van der Waals surface area contributed by atoms with Crippen molar-refractivity contribution in [3.63, 3.8) is 0 Å². The van der Waals surface area contributed by atoms with E-state index in [-0.39, 0.29) is 0 Å². The van der Waals surface area contributed by atoms with Gasteiger partial charge in [0.1, 0.15) is 30.5 Å². The molecule has 0 heterocycles. The number of methoxy groups -OCH3 is 1. The van der Waals surface area contributed by atoms with Crippen LogP contribution in [0.4, 0.5) is 0 Å². The van der Waals surface area contributed by atoms with E-state index in [2.05, 4.69) is 4.74 Å². The number of rotatable bonds is 1. The van der Waals surface area contributed by atoms with Gasteiger partial charge >= 0.3 is 0 Å². The van der Waals surface area contributed by atoms with E-state index in [0.717, 1.165) is 7.11 Å². The highest BCUT2D eigenvalue weighted by Gasteiger charge is 2.58. The fourth-order valence-electron chi connectivity index (χ4n) is 1.48. The Kier molecular flexibility index (Phi) is 3.12. The summed E-state index contributed by atoms with van der Waals surface area (Å²) in [5, 5.41) is 55.6. The Hall–Kier alpha value is -0.280. The summed E-state index contributed by atoms with van der Waals surface area (Å²) in [5.41, 5.74) is 0. The molecule has 6 atom stereocenters. The fraction of sp³-hybridized carbons (Fsp3) is 1.00. The quantitative estimate of drug-likeness (QED) is 0.244. The summed E-state index contributed by atoms with van der Waals surface area (Å²) in [6, 6.07) is 0. The second-order valence-electron chi connectivity index (χ2n) is 3.32. The van der Waals surface area contributed by atoms with Crippen LogP contribution < -0.4 is 0 Å². The lowest BCUT2D eigenvalue weighted by Gasteiger charge is -2.46. The maximum absolute atomic E-state index is 9.52. The second kappa shape index (κ2) is 3.70. The van der Waals surface area contributed by atoms with Gasteiger partial charge in [-0.05, 0) is 0 Å².